The Bertz CT molecular complexity index is 578. The molecule has 4 aliphatic heterocycles. The smallest absolute Gasteiger partial charge is 0.269 e. The van der Waals surface area contributed by atoms with Crippen LogP contribution in [0, 0.1) is 15.5 Å². The second kappa shape index (κ2) is 4.33. The molecule has 0 aromatic heterocycles. The molecule has 4 heterocycles. The average Bonchev–Trinajstić information content (AvgIpc) is 2.45. The van der Waals surface area contributed by atoms with Crippen LogP contribution < -0.4 is 14.7 Å². The highest BCUT2D eigenvalue weighted by Gasteiger charge is 2.61. The predicted octanol–water partition coefficient (Wildman–Crippen LogP) is -3.67. The molecule has 3 N–H and O–H groups in total. The molecular formula is C14H19N4O3+3. The van der Waals surface area contributed by atoms with E-state index in [1.54, 1.807) is 12.1 Å². The Morgan fingerprint density at radius 2 is 1.48 bits per heavy atom. The normalized spacial score (nSPS) is 36.7. The van der Waals surface area contributed by atoms with Gasteiger partial charge in [0.1, 0.15) is 19.6 Å². The summed E-state index contributed by atoms with van der Waals surface area (Å²) in [6, 6.07) is 6.08. The van der Waals surface area contributed by atoms with Crippen LogP contribution in [0.5, 0.6) is 0 Å². The van der Waals surface area contributed by atoms with Crippen LogP contribution in [-0.2, 0) is 0 Å². The Morgan fingerprint density at radius 1 is 1.00 bits per heavy atom. The van der Waals surface area contributed by atoms with E-state index < -0.39 is 4.92 Å². The summed E-state index contributed by atoms with van der Waals surface area (Å²) in [6.07, 6.45) is 0. The fourth-order valence-electron chi connectivity index (χ4n) is 4.53. The summed E-state index contributed by atoms with van der Waals surface area (Å²) >= 11 is 0. The number of carbonyl (C=O) groups excluding carboxylic acids is 1. The first-order valence-corrected chi connectivity index (χ1v) is 7.36. The number of benzene rings is 1. The number of nitrogens with one attached hydrogen (secondary N) is 3. The second-order valence-electron chi connectivity index (χ2n) is 6.72. The molecule has 110 valence electrons. The van der Waals surface area contributed by atoms with Crippen molar-refractivity contribution in [1.82, 2.24) is 0 Å². The van der Waals surface area contributed by atoms with Gasteiger partial charge in [-0.15, -0.1) is 0 Å². The number of hydrogen-bond donors (Lipinski definition) is 3. The molecule has 21 heavy (non-hydrogen) atoms. The predicted molar refractivity (Wildman–Crippen MR) is 72.0 cm³/mol. The molecule has 0 atom stereocenters. The van der Waals surface area contributed by atoms with Gasteiger partial charge in [-0.2, -0.15) is 0 Å². The Hall–Kier alpha value is -1.83. The molecule has 0 aliphatic carbocycles. The lowest BCUT2D eigenvalue weighted by Crippen LogP contribution is -3.56. The number of nitro groups is 1. The number of hydrogen-bond acceptors (Lipinski definition) is 3. The molecule has 1 aromatic rings. The summed E-state index contributed by atoms with van der Waals surface area (Å²) < 4.78 is 0. The third kappa shape index (κ3) is 1.97. The zero-order chi connectivity index (χ0) is 14.6. The number of carbonyl (C=O) groups is 1. The summed E-state index contributed by atoms with van der Waals surface area (Å²) in [5, 5.41) is 10.7. The van der Waals surface area contributed by atoms with Crippen LogP contribution in [0.4, 0.5) is 5.69 Å². The van der Waals surface area contributed by atoms with Gasteiger partial charge in [-0.3, -0.25) is 14.9 Å². The van der Waals surface area contributed by atoms with Gasteiger partial charge in [0.25, 0.3) is 5.69 Å². The average molecular weight is 291 g/mol. The van der Waals surface area contributed by atoms with E-state index in [4.69, 9.17) is 0 Å². The fraction of sp³-hybridized carbons (Fsp3) is 0.500. The van der Waals surface area contributed by atoms with E-state index >= 15 is 0 Å². The Kier molecular flexibility index (Phi) is 2.66. The van der Waals surface area contributed by atoms with Crippen molar-refractivity contribution in [2.45, 2.75) is 0 Å². The Balaban J connectivity index is 1.63. The largest absolute Gasteiger partial charge is 0.293 e. The van der Waals surface area contributed by atoms with Gasteiger partial charge in [0.2, 0.25) is 20.0 Å². The first-order valence-electron chi connectivity index (χ1n) is 7.36. The van der Waals surface area contributed by atoms with Crippen LogP contribution in [0.15, 0.2) is 24.3 Å². The first-order chi connectivity index (χ1) is 10.1. The van der Waals surface area contributed by atoms with E-state index in [1.807, 2.05) is 0 Å². The minimum atomic E-state index is -0.430. The lowest BCUT2D eigenvalue weighted by Gasteiger charge is -2.51. The second-order valence-corrected chi connectivity index (χ2v) is 6.72. The molecule has 7 nitrogen and oxygen atoms in total. The highest BCUT2D eigenvalue weighted by atomic mass is 16.6. The van der Waals surface area contributed by atoms with E-state index in [9.17, 15) is 14.9 Å². The number of Topliss-reactive ketones (excluding diaryl/α,β-unsaturated/α-hetero) is 1. The van der Waals surface area contributed by atoms with Gasteiger partial charge >= 0.3 is 0 Å². The van der Waals surface area contributed by atoms with Gasteiger partial charge in [-0.05, 0) is 12.1 Å². The summed E-state index contributed by atoms with van der Waals surface area (Å²) in [4.78, 5) is 27.8. The summed E-state index contributed by atoms with van der Waals surface area (Å²) in [6.45, 7) is 6.11. The molecule has 4 saturated heterocycles. The van der Waals surface area contributed by atoms with Crippen molar-refractivity contribution in [3.05, 3.63) is 39.9 Å². The number of rotatable bonds is 3. The third-order valence-corrected chi connectivity index (χ3v) is 5.09. The van der Waals surface area contributed by atoms with Crippen molar-refractivity contribution in [2.75, 3.05) is 39.6 Å². The van der Waals surface area contributed by atoms with Crippen molar-refractivity contribution in [1.29, 1.82) is 0 Å². The molecule has 0 spiro atoms. The molecule has 1 aromatic carbocycles. The molecule has 4 bridgehead atoms. The Morgan fingerprint density at radius 3 is 1.90 bits per heavy atom. The zero-order valence-electron chi connectivity index (χ0n) is 11.7. The molecular weight excluding hydrogens is 272 g/mol. The van der Waals surface area contributed by atoms with Gasteiger partial charge in [0.15, 0.2) is 11.2 Å². The van der Waals surface area contributed by atoms with Crippen molar-refractivity contribution in [2.24, 2.45) is 5.41 Å². The zero-order valence-corrected chi connectivity index (χ0v) is 11.7. The fourth-order valence-corrected chi connectivity index (χ4v) is 4.53. The van der Waals surface area contributed by atoms with Gasteiger partial charge in [-0.1, -0.05) is 0 Å². The first kappa shape index (κ1) is 12.9. The molecule has 5 rings (SSSR count). The monoisotopic (exact) mass is 291 g/mol. The molecule has 7 heteroatoms. The van der Waals surface area contributed by atoms with Crippen molar-refractivity contribution >= 4 is 11.5 Å². The van der Waals surface area contributed by atoms with Crippen LogP contribution in [0.25, 0.3) is 0 Å². The lowest BCUT2D eigenvalue weighted by atomic mass is 9.75. The van der Waals surface area contributed by atoms with Crippen LogP contribution in [0.2, 0.25) is 0 Å². The third-order valence-electron chi connectivity index (χ3n) is 5.09. The Labute approximate surface area is 121 Å². The number of non-ortho nitro benzene ring substituents is 1. The van der Waals surface area contributed by atoms with Crippen molar-refractivity contribution in [3.63, 3.8) is 0 Å². The van der Waals surface area contributed by atoms with Crippen LogP contribution >= 0.6 is 0 Å². The molecule has 0 unspecified atom stereocenters. The highest BCUT2D eigenvalue weighted by Crippen LogP contribution is 2.23. The molecule has 0 amide bonds. The van der Waals surface area contributed by atoms with Crippen LogP contribution in [-0.4, -0.2) is 50.3 Å². The maximum Gasteiger partial charge on any atom is 0.269 e. The number of nitrogens with zero attached hydrogens (tertiary/aromatic N) is 1. The molecule has 0 radical (unpaired) electrons. The number of quaternary nitrogens is 3. The van der Waals surface area contributed by atoms with E-state index in [0.29, 0.717) is 5.56 Å². The van der Waals surface area contributed by atoms with Crippen LogP contribution in [0.1, 0.15) is 10.4 Å². The maximum absolute atomic E-state index is 13.0. The summed E-state index contributed by atoms with van der Waals surface area (Å²) in [7, 11) is 0. The minimum Gasteiger partial charge on any atom is -0.293 e. The van der Waals surface area contributed by atoms with Gasteiger partial charge < -0.3 is 0 Å². The molecule has 4 aliphatic rings. The van der Waals surface area contributed by atoms with Gasteiger partial charge in [0, 0.05) is 17.7 Å². The maximum atomic E-state index is 13.0. The lowest BCUT2D eigenvalue weighted by molar-refractivity contribution is -1.30. The standard InChI is InChI=1S/C14H16N4O3/c19-13(11-1-3-12(4-2-11)18(20)21)14-5-15-8-16(6-14)10-17(7-14)9-15/h1-4H,5-10H2/p+3. The van der Waals surface area contributed by atoms with Gasteiger partial charge in [0.05, 0.1) is 4.92 Å². The van der Waals surface area contributed by atoms with Gasteiger partial charge in [-0.25, -0.2) is 14.7 Å². The molecule has 4 fully saturated rings. The van der Waals surface area contributed by atoms with E-state index in [1.165, 1.54) is 26.8 Å². The number of ketones is 1. The van der Waals surface area contributed by atoms with Crippen molar-refractivity contribution in [3.8, 4) is 0 Å². The van der Waals surface area contributed by atoms with E-state index in [-0.39, 0.29) is 16.9 Å². The SMILES string of the molecule is O=C(c1ccc([N+](=O)[O-])cc1)C12C[NH+]3C[NH+](C[NH+](C3)C1)C2. The highest BCUT2D eigenvalue weighted by molar-refractivity contribution is 6.01. The number of nitro benzene ring substituents is 1. The van der Waals surface area contributed by atoms with Crippen molar-refractivity contribution < 1.29 is 24.4 Å². The topological polar surface area (TPSA) is 73.5 Å². The molecule has 0 saturated carbocycles. The minimum absolute atomic E-state index is 0.0372. The van der Waals surface area contributed by atoms with E-state index in [0.717, 1.165) is 39.6 Å². The summed E-state index contributed by atoms with van der Waals surface area (Å²) in [5.41, 5.74) is 0.379. The summed E-state index contributed by atoms with van der Waals surface area (Å²) in [5.74, 6) is 0.170. The van der Waals surface area contributed by atoms with E-state index in [2.05, 4.69) is 0 Å². The van der Waals surface area contributed by atoms with Crippen LogP contribution in [0.3, 0.4) is 0 Å². The quantitative estimate of drug-likeness (QED) is 0.305.